The molecule has 6 heteroatoms. The van der Waals surface area contributed by atoms with Gasteiger partial charge >= 0.3 is 0 Å². The van der Waals surface area contributed by atoms with Crippen LogP contribution in [-0.4, -0.2) is 35.8 Å². The summed E-state index contributed by atoms with van der Waals surface area (Å²) < 4.78 is 0. The van der Waals surface area contributed by atoms with E-state index in [2.05, 4.69) is 20.9 Å². The minimum Gasteiger partial charge on any atom is -0.372 e. The summed E-state index contributed by atoms with van der Waals surface area (Å²) in [5, 5.41) is 30.0. The van der Waals surface area contributed by atoms with Gasteiger partial charge < -0.3 is 10.6 Å². The second-order valence-corrected chi connectivity index (χ2v) is 5.13. The van der Waals surface area contributed by atoms with Crippen LogP contribution in [0.2, 0.25) is 0 Å². The number of rotatable bonds is 6. The number of nitrogens with zero attached hydrogens (tertiary/aromatic N) is 2. The van der Waals surface area contributed by atoms with Crippen molar-refractivity contribution in [1.29, 1.82) is 10.8 Å². The summed E-state index contributed by atoms with van der Waals surface area (Å²) in [5.74, 6) is 0.666. The Bertz CT molecular complexity index is 297. The molecule has 0 aromatic rings. The average molecular weight is 254 g/mol. The lowest BCUT2D eigenvalue weighted by atomic mass is 10.0. The Morgan fingerprint density at radius 1 is 0.833 bits per heavy atom. The molecule has 0 saturated carbocycles. The molecule has 0 amide bonds. The molecule has 0 rings (SSSR count). The van der Waals surface area contributed by atoms with E-state index < -0.39 is 11.1 Å². The molecule has 0 bridgehead atoms. The molecular weight excluding hydrogens is 228 g/mol. The molecule has 0 spiro atoms. The smallest absolute Gasteiger partial charge is 0.132 e. The molecule has 0 aliphatic heterocycles. The predicted molar refractivity (Wildman–Crippen MR) is 75.8 cm³/mol. The van der Waals surface area contributed by atoms with Gasteiger partial charge in [-0.1, -0.05) is 0 Å². The van der Waals surface area contributed by atoms with E-state index in [9.17, 15) is 0 Å². The zero-order valence-electron chi connectivity index (χ0n) is 12.3. The van der Waals surface area contributed by atoms with Gasteiger partial charge in [0.1, 0.15) is 22.7 Å². The van der Waals surface area contributed by atoms with Crippen LogP contribution in [0.1, 0.15) is 41.5 Å². The fourth-order valence-corrected chi connectivity index (χ4v) is 1.14. The molecule has 0 aromatic carbocycles. The summed E-state index contributed by atoms with van der Waals surface area (Å²) in [4.78, 5) is 0. The minimum absolute atomic E-state index is 0.333. The lowest BCUT2D eigenvalue weighted by Gasteiger charge is -2.24. The van der Waals surface area contributed by atoms with Crippen LogP contribution in [0.3, 0.4) is 0 Å². The van der Waals surface area contributed by atoms with Gasteiger partial charge in [-0.3, -0.25) is 10.8 Å². The van der Waals surface area contributed by atoms with Crippen molar-refractivity contribution < 1.29 is 0 Å². The van der Waals surface area contributed by atoms with E-state index in [-0.39, 0.29) is 0 Å². The second-order valence-electron chi connectivity index (χ2n) is 5.13. The molecule has 0 atom stereocenters. The topological polar surface area (TPSA) is 96.5 Å². The van der Waals surface area contributed by atoms with E-state index in [0.29, 0.717) is 24.8 Å². The molecule has 104 valence electrons. The van der Waals surface area contributed by atoms with Crippen molar-refractivity contribution in [2.75, 3.05) is 13.1 Å². The highest BCUT2D eigenvalue weighted by atomic mass is 15.2. The van der Waals surface area contributed by atoms with Crippen LogP contribution in [0.25, 0.3) is 0 Å². The zero-order chi connectivity index (χ0) is 14.4. The fraction of sp³-hybridized carbons (Fsp3) is 0.833. The van der Waals surface area contributed by atoms with E-state index in [1.54, 1.807) is 0 Å². The van der Waals surface area contributed by atoms with Crippen LogP contribution in [0.15, 0.2) is 10.2 Å². The highest BCUT2D eigenvalue weighted by molar-refractivity contribution is 5.89. The van der Waals surface area contributed by atoms with Crippen LogP contribution in [0, 0.1) is 10.8 Å². The normalized spacial score (nSPS) is 12.6. The summed E-state index contributed by atoms with van der Waals surface area (Å²) >= 11 is 0. The third-order valence-electron chi connectivity index (χ3n) is 2.48. The van der Waals surface area contributed by atoms with Crippen LogP contribution in [0.5, 0.6) is 0 Å². The van der Waals surface area contributed by atoms with E-state index >= 15 is 0 Å². The molecule has 0 fully saturated rings. The Hall–Kier alpha value is -1.46. The maximum atomic E-state index is 7.85. The van der Waals surface area contributed by atoms with Crippen molar-refractivity contribution in [1.82, 2.24) is 10.6 Å². The van der Waals surface area contributed by atoms with Crippen molar-refractivity contribution in [3.05, 3.63) is 0 Å². The van der Waals surface area contributed by atoms with Gasteiger partial charge in [-0.05, 0) is 41.5 Å². The monoisotopic (exact) mass is 254 g/mol. The third-order valence-corrected chi connectivity index (χ3v) is 2.48. The minimum atomic E-state index is -0.695. The lowest BCUT2D eigenvalue weighted by molar-refractivity contribution is 0.542. The summed E-state index contributed by atoms with van der Waals surface area (Å²) in [6, 6.07) is 0. The van der Waals surface area contributed by atoms with Gasteiger partial charge in [0.25, 0.3) is 0 Å². The number of azo groups is 1. The number of hydrogen-bond acceptors (Lipinski definition) is 4. The van der Waals surface area contributed by atoms with E-state index in [1.807, 2.05) is 41.5 Å². The molecule has 0 radical (unpaired) electrons. The van der Waals surface area contributed by atoms with Crippen molar-refractivity contribution in [3.8, 4) is 0 Å². The quantitative estimate of drug-likeness (QED) is 0.332. The SMILES string of the molecule is CCNC(=N)C(C)(C)/N=N/C(C)(C)C(=N)NCC. The molecule has 0 heterocycles. The highest BCUT2D eigenvalue weighted by Crippen LogP contribution is 2.16. The average Bonchev–Trinajstić information content (AvgIpc) is 2.27. The molecule has 0 aliphatic rings. The van der Waals surface area contributed by atoms with Crippen molar-refractivity contribution >= 4 is 11.7 Å². The summed E-state index contributed by atoms with van der Waals surface area (Å²) in [6.45, 7) is 12.6. The van der Waals surface area contributed by atoms with Crippen LogP contribution in [0.4, 0.5) is 0 Å². The standard InChI is InChI=1S/C12H26N6/c1-7-15-9(13)11(3,4)17-18-12(5,6)10(14)16-8-2/h7-8H2,1-6H3,(H2,13,15)(H2,14,16)/b18-17+. The van der Waals surface area contributed by atoms with Crippen molar-refractivity contribution in [3.63, 3.8) is 0 Å². The largest absolute Gasteiger partial charge is 0.372 e. The predicted octanol–water partition coefficient (Wildman–Crippen LogP) is 2.17. The van der Waals surface area contributed by atoms with E-state index in [1.165, 1.54) is 0 Å². The first-order chi connectivity index (χ1) is 8.17. The van der Waals surface area contributed by atoms with Gasteiger partial charge in [0.15, 0.2) is 0 Å². The molecule has 0 unspecified atom stereocenters. The molecule has 0 saturated heterocycles. The van der Waals surface area contributed by atoms with Gasteiger partial charge in [0.05, 0.1) is 0 Å². The Morgan fingerprint density at radius 2 is 1.11 bits per heavy atom. The first-order valence-corrected chi connectivity index (χ1v) is 6.27. The fourth-order valence-electron chi connectivity index (χ4n) is 1.14. The Labute approximate surface area is 110 Å². The summed E-state index contributed by atoms with van der Waals surface area (Å²) in [5.41, 5.74) is -1.39. The van der Waals surface area contributed by atoms with Crippen molar-refractivity contribution in [2.45, 2.75) is 52.6 Å². The van der Waals surface area contributed by atoms with Gasteiger partial charge in [-0.15, -0.1) is 0 Å². The second kappa shape index (κ2) is 6.47. The van der Waals surface area contributed by atoms with Gasteiger partial charge in [0, 0.05) is 13.1 Å². The number of likely N-dealkylation sites (N-methyl/N-ethyl adjacent to an activating group) is 2. The maximum absolute atomic E-state index is 7.85. The molecule has 18 heavy (non-hydrogen) atoms. The zero-order valence-corrected chi connectivity index (χ0v) is 12.3. The number of nitrogens with one attached hydrogen (secondary N) is 4. The Kier molecular flexibility index (Phi) is 5.94. The van der Waals surface area contributed by atoms with Crippen LogP contribution < -0.4 is 10.6 Å². The van der Waals surface area contributed by atoms with Gasteiger partial charge in [0.2, 0.25) is 0 Å². The molecule has 4 N–H and O–H groups in total. The van der Waals surface area contributed by atoms with Gasteiger partial charge in [-0.25, -0.2) is 0 Å². The summed E-state index contributed by atoms with van der Waals surface area (Å²) in [6.07, 6.45) is 0. The van der Waals surface area contributed by atoms with Crippen molar-refractivity contribution in [2.24, 2.45) is 10.2 Å². The third kappa shape index (κ3) is 4.81. The molecule has 0 aromatic heterocycles. The Morgan fingerprint density at radius 3 is 1.33 bits per heavy atom. The van der Waals surface area contributed by atoms with E-state index in [4.69, 9.17) is 10.8 Å². The van der Waals surface area contributed by atoms with Crippen LogP contribution in [-0.2, 0) is 0 Å². The Balaban J connectivity index is 4.80. The van der Waals surface area contributed by atoms with E-state index in [0.717, 1.165) is 0 Å². The van der Waals surface area contributed by atoms with Crippen LogP contribution >= 0.6 is 0 Å². The maximum Gasteiger partial charge on any atom is 0.132 e. The lowest BCUT2D eigenvalue weighted by Crippen LogP contribution is -2.42. The highest BCUT2D eigenvalue weighted by Gasteiger charge is 2.27. The first-order valence-electron chi connectivity index (χ1n) is 6.27. The molecule has 6 nitrogen and oxygen atoms in total. The molecule has 0 aliphatic carbocycles. The summed E-state index contributed by atoms with van der Waals surface area (Å²) in [7, 11) is 0. The number of amidine groups is 2. The van der Waals surface area contributed by atoms with Gasteiger partial charge in [-0.2, -0.15) is 10.2 Å². The number of hydrogen-bond donors (Lipinski definition) is 4. The molecular formula is C12H26N6. The first kappa shape index (κ1) is 16.5.